The van der Waals surface area contributed by atoms with Gasteiger partial charge in [-0.2, -0.15) is 0 Å². The van der Waals surface area contributed by atoms with Crippen LogP contribution in [0.15, 0.2) is 0 Å². The molecule has 0 aromatic carbocycles. The van der Waals surface area contributed by atoms with Gasteiger partial charge in [0.25, 0.3) is 0 Å². The summed E-state index contributed by atoms with van der Waals surface area (Å²) in [5.41, 5.74) is 0. The van der Waals surface area contributed by atoms with Crippen molar-refractivity contribution in [1.82, 2.24) is 4.90 Å². The van der Waals surface area contributed by atoms with Gasteiger partial charge in [0.15, 0.2) is 0 Å². The van der Waals surface area contributed by atoms with E-state index in [1.165, 1.54) is 38.4 Å². The summed E-state index contributed by atoms with van der Waals surface area (Å²) in [6, 6.07) is 0. The lowest BCUT2D eigenvalue weighted by molar-refractivity contribution is 0.186. The van der Waals surface area contributed by atoms with Crippen LogP contribution in [-0.4, -0.2) is 45.0 Å². The highest BCUT2D eigenvalue weighted by Gasteiger charge is 2.19. The fourth-order valence-corrected chi connectivity index (χ4v) is 2.88. The number of rotatable bonds is 6. The third-order valence-electron chi connectivity index (χ3n) is 3.45. The Labute approximate surface area is 100 Å². The molecule has 0 bridgehead atoms. The topological polar surface area (TPSA) is 37.4 Å². The van der Waals surface area contributed by atoms with E-state index >= 15 is 0 Å². The number of hydrogen-bond donors (Lipinski definition) is 0. The van der Waals surface area contributed by atoms with Crippen LogP contribution in [0.25, 0.3) is 0 Å². The first kappa shape index (κ1) is 14.0. The minimum absolute atomic E-state index is 0.312. The van der Waals surface area contributed by atoms with Gasteiger partial charge in [-0.15, -0.1) is 0 Å². The number of hydrogen-bond acceptors (Lipinski definition) is 3. The Morgan fingerprint density at radius 3 is 2.38 bits per heavy atom. The van der Waals surface area contributed by atoms with Crippen LogP contribution in [0, 0.1) is 5.92 Å². The lowest BCUT2D eigenvalue weighted by atomic mass is 9.92. The summed E-state index contributed by atoms with van der Waals surface area (Å²) in [4.78, 5) is 2.30. The van der Waals surface area contributed by atoms with Crippen LogP contribution in [0.1, 0.15) is 39.0 Å². The molecule has 96 valence electrons. The summed E-state index contributed by atoms with van der Waals surface area (Å²) >= 11 is 0. The van der Waals surface area contributed by atoms with Gasteiger partial charge in [0.2, 0.25) is 0 Å². The summed E-state index contributed by atoms with van der Waals surface area (Å²) < 4.78 is 22.1. The first-order valence-corrected chi connectivity index (χ1v) is 8.47. The number of unbranched alkanes of at least 4 members (excludes halogenated alkanes) is 1. The predicted octanol–water partition coefficient (Wildman–Crippen LogP) is 1.93. The molecule has 0 saturated carbocycles. The Morgan fingerprint density at radius 2 is 1.88 bits per heavy atom. The highest BCUT2D eigenvalue weighted by molar-refractivity contribution is 7.90. The standard InChI is InChI=1S/C12H25NO2S/c1-3-4-5-12-6-8-13(9-7-12)10-11-16(2,14)15/h12H,3-11H2,1-2H3. The molecule has 1 heterocycles. The van der Waals surface area contributed by atoms with Crippen molar-refractivity contribution in [2.75, 3.05) is 31.6 Å². The summed E-state index contributed by atoms with van der Waals surface area (Å²) in [7, 11) is -2.79. The normalized spacial score (nSPS) is 20.1. The van der Waals surface area contributed by atoms with Gasteiger partial charge in [-0.05, 0) is 31.8 Å². The van der Waals surface area contributed by atoms with Gasteiger partial charge in [0, 0.05) is 12.8 Å². The van der Waals surface area contributed by atoms with Crippen molar-refractivity contribution < 1.29 is 8.42 Å². The second-order valence-electron chi connectivity index (χ2n) is 5.06. The van der Waals surface area contributed by atoms with E-state index in [0.717, 1.165) is 25.6 Å². The Hall–Kier alpha value is -0.0900. The molecule has 4 heteroatoms. The molecule has 3 nitrogen and oxygen atoms in total. The van der Waals surface area contributed by atoms with Crippen molar-refractivity contribution in [3.63, 3.8) is 0 Å². The maximum Gasteiger partial charge on any atom is 0.148 e. The van der Waals surface area contributed by atoms with Crippen LogP contribution >= 0.6 is 0 Å². The highest BCUT2D eigenvalue weighted by atomic mass is 32.2. The number of sulfone groups is 1. The summed E-state index contributed by atoms with van der Waals surface area (Å²) in [5, 5.41) is 0. The highest BCUT2D eigenvalue weighted by Crippen LogP contribution is 2.22. The Kier molecular flexibility index (Phi) is 5.76. The van der Waals surface area contributed by atoms with Crippen molar-refractivity contribution in [2.45, 2.75) is 39.0 Å². The Bertz CT molecular complexity index is 279. The van der Waals surface area contributed by atoms with Crippen LogP contribution < -0.4 is 0 Å². The molecule has 16 heavy (non-hydrogen) atoms. The van der Waals surface area contributed by atoms with Crippen molar-refractivity contribution in [2.24, 2.45) is 5.92 Å². The van der Waals surface area contributed by atoms with Gasteiger partial charge in [-0.3, -0.25) is 0 Å². The molecule has 1 aliphatic rings. The zero-order chi connectivity index (χ0) is 12.0. The molecular weight excluding hydrogens is 222 g/mol. The summed E-state index contributed by atoms with van der Waals surface area (Å²) in [6.07, 6.45) is 7.81. The van der Waals surface area contributed by atoms with Crippen molar-refractivity contribution >= 4 is 9.84 Å². The van der Waals surface area contributed by atoms with E-state index in [0.29, 0.717) is 5.75 Å². The lowest BCUT2D eigenvalue weighted by Gasteiger charge is -2.31. The van der Waals surface area contributed by atoms with Crippen LogP contribution in [0.5, 0.6) is 0 Å². The predicted molar refractivity (Wildman–Crippen MR) is 68.4 cm³/mol. The van der Waals surface area contributed by atoms with E-state index < -0.39 is 9.84 Å². The van der Waals surface area contributed by atoms with Gasteiger partial charge in [0.05, 0.1) is 5.75 Å². The molecule has 0 aromatic heterocycles. The average molecular weight is 247 g/mol. The van der Waals surface area contributed by atoms with Crippen LogP contribution in [0.2, 0.25) is 0 Å². The number of nitrogens with zero attached hydrogens (tertiary/aromatic N) is 1. The van der Waals surface area contributed by atoms with Gasteiger partial charge in [0.1, 0.15) is 9.84 Å². The molecule has 1 fully saturated rings. The molecule has 0 amide bonds. The second kappa shape index (κ2) is 6.60. The van der Waals surface area contributed by atoms with Crippen LogP contribution in [-0.2, 0) is 9.84 Å². The molecule has 0 atom stereocenters. The zero-order valence-corrected chi connectivity index (χ0v) is 11.4. The molecule has 0 aliphatic carbocycles. The van der Waals surface area contributed by atoms with Crippen molar-refractivity contribution in [1.29, 1.82) is 0 Å². The fourth-order valence-electron chi connectivity index (χ4n) is 2.29. The smallest absolute Gasteiger partial charge is 0.148 e. The Morgan fingerprint density at radius 1 is 1.25 bits per heavy atom. The number of piperidine rings is 1. The number of likely N-dealkylation sites (tertiary alicyclic amines) is 1. The maximum atomic E-state index is 11.1. The molecule has 0 N–H and O–H groups in total. The van der Waals surface area contributed by atoms with Crippen LogP contribution in [0.4, 0.5) is 0 Å². The second-order valence-corrected chi connectivity index (χ2v) is 7.32. The molecule has 1 rings (SSSR count). The van der Waals surface area contributed by atoms with E-state index in [1.54, 1.807) is 0 Å². The van der Waals surface area contributed by atoms with E-state index in [4.69, 9.17) is 0 Å². The molecular formula is C12H25NO2S. The Balaban J connectivity index is 2.17. The molecule has 0 unspecified atom stereocenters. The zero-order valence-electron chi connectivity index (χ0n) is 10.6. The quantitative estimate of drug-likeness (QED) is 0.720. The minimum Gasteiger partial charge on any atom is -0.302 e. The molecule has 1 saturated heterocycles. The van der Waals surface area contributed by atoms with E-state index in [2.05, 4.69) is 11.8 Å². The maximum absolute atomic E-state index is 11.1. The first-order chi connectivity index (χ1) is 7.51. The van der Waals surface area contributed by atoms with Crippen molar-refractivity contribution in [3.8, 4) is 0 Å². The van der Waals surface area contributed by atoms with E-state index in [-0.39, 0.29) is 0 Å². The SMILES string of the molecule is CCCCC1CCN(CCS(C)(=O)=O)CC1. The fraction of sp³-hybridized carbons (Fsp3) is 1.00. The van der Waals surface area contributed by atoms with Gasteiger partial charge >= 0.3 is 0 Å². The third-order valence-corrected chi connectivity index (χ3v) is 4.38. The third kappa shape index (κ3) is 5.85. The molecule has 0 spiro atoms. The monoisotopic (exact) mass is 247 g/mol. The van der Waals surface area contributed by atoms with E-state index in [1.807, 2.05) is 0 Å². The summed E-state index contributed by atoms with van der Waals surface area (Å²) in [6.45, 7) is 5.13. The summed E-state index contributed by atoms with van der Waals surface area (Å²) in [5.74, 6) is 1.20. The van der Waals surface area contributed by atoms with E-state index in [9.17, 15) is 8.42 Å². The van der Waals surface area contributed by atoms with Crippen LogP contribution in [0.3, 0.4) is 0 Å². The molecule has 1 aliphatic heterocycles. The molecule has 0 radical (unpaired) electrons. The average Bonchev–Trinajstić information content (AvgIpc) is 2.24. The molecule has 0 aromatic rings. The van der Waals surface area contributed by atoms with Gasteiger partial charge < -0.3 is 4.90 Å². The van der Waals surface area contributed by atoms with Crippen molar-refractivity contribution in [3.05, 3.63) is 0 Å². The largest absolute Gasteiger partial charge is 0.302 e. The van der Waals surface area contributed by atoms with Gasteiger partial charge in [-0.25, -0.2) is 8.42 Å². The minimum atomic E-state index is -2.79. The van der Waals surface area contributed by atoms with Gasteiger partial charge in [-0.1, -0.05) is 26.2 Å². The first-order valence-electron chi connectivity index (χ1n) is 6.41. The lowest BCUT2D eigenvalue weighted by Crippen LogP contribution is -2.36.